The molecule has 0 radical (unpaired) electrons. The maximum Gasteiger partial charge on any atom is 0.270 e. The fraction of sp³-hybridized carbons (Fsp3) is 0.263. The normalized spacial score (nSPS) is 16.9. The number of nitrogens with zero attached hydrogens (tertiary/aromatic N) is 4. The number of halogens is 2. The summed E-state index contributed by atoms with van der Waals surface area (Å²) in [6, 6.07) is 14.2. The molecule has 3 aromatic rings. The number of non-ortho nitro benzene ring substituents is 1. The first kappa shape index (κ1) is 21.2. The number of nitrogens with one attached hydrogen (secondary N) is 1. The highest BCUT2D eigenvalue weighted by Gasteiger charge is 2.26. The number of aromatic nitrogens is 2. The summed E-state index contributed by atoms with van der Waals surface area (Å²) < 4.78 is 5.41. The Morgan fingerprint density at radius 1 is 1.28 bits per heavy atom. The Balaban J connectivity index is 0.00000240. The van der Waals surface area contributed by atoms with Gasteiger partial charge < -0.3 is 9.84 Å². The molecule has 4 rings (SSSR count). The van der Waals surface area contributed by atoms with Crippen molar-refractivity contribution in [3.8, 4) is 11.4 Å². The van der Waals surface area contributed by atoms with Crippen molar-refractivity contribution in [3.05, 3.63) is 75.1 Å². The van der Waals surface area contributed by atoms with E-state index in [1.54, 1.807) is 12.1 Å². The minimum Gasteiger partial charge on any atom is -0.338 e. The fourth-order valence-corrected chi connectivity index (χ4v) is 3.55. The zero-order valence-corrected chi connectivity index (χ0v) is 16.9. The third kappa shape index (κ3) is 4.91. The van der Waals surface area contributed by atoms with Gasteiger partial charge in [0.2, 0.25) is 11.7 Å². The van der Waals surface area contributed by atoms with Gasteiger partial charge in [0, 0.05) is 48.4 Å². The van der Waals surface area contributed by atoms with Crippen LogP contribution in [0.5, 0.6) is 0 Å². The molecule has 0 bridgehead atoms. The molecule has 8 nitrogen and oxygen atoms in total. The Morgan fingerprint density at radius 2 is 2.10 bits per heavy atom. The molecule has 10 heteroatoms. The van der Waals surface area contributed by atoms with Crippen LogP contribution in [0, 0.1) is 10.1 Å². The third-order valence-electron chi connectivity index (χ3n) is 4.71. The molecule has 0 aliphatic carbocycles. The second-order valence-electron chi connectivity index (χ2n) is 6.56. The minimum atomic E-state index is -0.444. The first-order valence-electron chi connectivity index (χ1n) is 8.88. The van der Waals surface area contributed by atoms with Crippen molar-refractivity contribution in [2.75, 3.05) is 19.6 Å². The van der Waals surface area contributed by atoms with Gasteiger partial charge in [-0.1, -0.05) is 41.0 Å². The Labute approximate surface area is 178 Å². The maximum absolute atomic E-state index is 11.0. The lowest BCUT2D eigenvalue weighted by molar-refractivity contribution is -0.384. The van der Waals surface area contributed by atoms with Crippen LogP contribution in [0.2, 0.25) is 5.02 Å². The van der Waals surface area contributed by atoms with E-state index in [1.807, 2.05) is 18.2 Å². The van der Waals surface area contributed by atoms with Gasteiger partial charge in [-0.15, -0.1) is 12.4 Å². The average molecular weight is 436 g/mol. The average Bonchev–Trinajstić information content (AvgIpc) is 3.17. The molecular formula is C19H19Cl2N5O3. The van der Waals surface area contributed by atoms with Gasteiger partial charge in [0.05, 0.1) is 11.5 Å². The Hall–Kier alpha value is -2.52. The molecule has 152 valence electrons. The van der Waals surface area contributed by atoms with Crippen molar-refractivity contribution in [1.82, 2.24) is 20.4 Å². The van der Waals surface area contributed by atoms with E-state index < -0.39 is 4.92 Å². The third-order valence-corrected chi connectivity index (χ3v) is 4.94. The molecule has 0 saturated carbocycles. The van der Waals surface area contributed by atoms with Crippen LogP contribution >= 0.6 is 24.0 Å². The molecule has 0 amide bonds. The molecule has 1 aromatic heterocycles. The zero-order chi connectivity index (χ0) is 19.5. The Morgan fingerprint density at radius 3 is 2.90 bits per heavy atom. The Kier molecular flexibility index (Phi) is 6.81. The molecular weight excluding hydrogens is 417 g/mol. The van der Waals surface area contributed by atoms with Gasteiger partial charge in [-0.3, -0.25) is 15.0 Å². The van der Waals surface area contributed by atoms with Crippen LogP contribution < -0.4 is 5.32 Å². The molecule has 2 aromatic carbocycles. The van der Waals surface area contributed by atoms with E-state index in [0.717, 1.165) is 25.2 Å². The van der Waals surface area contributed by atoms with E-state index in [4.69, 9.17) is 16.1 Å². The number of hydrogen-bond donors (Lipinski definition) is 1. The molecule has 29 heavy (non-hydrogen) atoms. The monoisotopic (exact) mass is 435 g/mol. The van der Waals surface area contributed by atoms with Crippen LogP contribution in [-0.2, 0) is 6.54 Å². The van der Waals surface area contributed by atoms with Crippen LogP contribution in [-0.4, -0.2) is 39.6 Å². The molecule has 1 fully saturated rings. The molecule has 1 atom stereocenters. The number of nitro benzene ring substituents is 1. The number of piperazine rings is 1. The quantitative estimate of drug-likeness (QED) is 0.479. The maximum atomic E-state index is 11.0. The van der Waals surface area contributed by atoms with Gasteiger partial charge in [0.15, 0.2) is 0 Å². The first-order valence-corrected chi connectivity index (χ1v) is 9.25. The highest BCUT2D eigenvalue weighted by atomic mass is 35.5. The van der Waals surface area contributed by atoms with E-state index in [0.29, 0.717) is 28.8 Å². The van der Waals surface area contributed by atoms with E-state index in [1.165, 1.54) is 12.1 Å². The Bertz CT molecular complexity index is 997. The van der Waals surface area contributed by atoms with E-state index in [9.17, 15) is 10.1 Å². The smallest absolute Gasteiger partial charge is 0.270 e. The largest absolute Gasteiger partial charge is 0.338 e. The topological polar surface area (TPSA) is 97.3 Å². The lowest BCUT2D eigenvalue weighted by Crippen LogP contribution is -2.45. The summed E-state index contributed by atoms with van der Waals surface area (Å²) in [4.78, 5) is 17.2. The molecule has 2 heterocycles. The summed E-state index contributed by atoms with van der Waals surface area (Å²) in [7, 11) is 0. The molecule has 1 N–H and O–H groups in total. The van der Waals surface area contributed by atoms with Crippen molar-refractivity contribution in [3.63, 3.8) is 0 Å². The summed E-state index contributed by atoms with van der Waals surface area (Å²) in [6.07, 6.45) is 0. The summed E-state index contributed by atoms with van der Waals surface area (Å²) in [6.45, 7) is 2.97. The summed E-state index contributed by atoms with van der Waals surface area (Å²) in [5, 5.41) is 19.1. The molecule has 1 aliphatic heterocycles. The SMILES string of the molecule is Cl.O=[N+]([O-])c1cccc(-c2noc(CN3CCNCC3c3cccc(Cl)c3)n2)c1. The van der Waals surface area contributed by atoms with Gasteiger partial charge in [-0.05, 0) is 17.7 Å². The molecule has 1 unspecified atom stereocenters. The van der Waals surface area contributed by atoms with Crippen molar-refractivity contribution >= 4 is 29.7 Å². The fourth-order valence-electron chi connectivity index (χ4n) is 3.35. The lowest BCUT2D eigenvalue weighted by Gasteiger charge is -2.35. The van der Waals surface area contributed by atoms with Gasteiger partial charge in [0.1, 0.15) is 0 Å². The van der Waals surface area contributed by atoms with Gasteiger partial charge >= 0.3 is 0 Å². The number of nitro groups is 1. The zero-order valence-electron chi connectivity index (χ0n) is 15.3. The van der Waals surface area contributed by atoms with Crippen LogP contribution in [0.25, 0.3) is 11.4 Å². The minimum absolute atomic E-state index is 0. The number of hydrogen-bond acceptors (Lipinski definition) is 7. The van der Waals surface area contributed by atoms with Crippen molar-refractivity contribution in [1.29, 1.82) is 0 Å². The number of rotatable bonds is 5. The molecule has 1 saturated heterocycles. The predicted molar refractivity (Wildman–Crippen MR) is 111 cm³/mol. The molecule has 0 spiro atoms. The van der Waals surface area contributed by atoms with Crippen LogP contribution in [0.4, 0.5) is 5.69 Å². The second-order valence-corrected chi connectivity index (χ2v) is 7.00. The highest BCUT2D eigenvalue weighted by molar-refractivity contribution is 6.30. The lowest BCUT2D eigenvalue weighted by atomic mass is 10.0. The van der Waals surface area contributed by atoms with Gasteiger partial charge in [-0.2, -0.15) is 4.98 Å². The van der Waals surface area contributed by atoms with Crippen molar-refractivity contribution in [2.24, 2.45) is 0 Å². The van der Waals surface area contributed by atoms with Crippen LogP contribution in [0.15, 0.2) is 53.1 Å². The van der Waals surface area contributed by atoms with E-state index in [-0.39, 0.29) is 24.1 Å². The standard InChI is InChI=1S/C19H18ClN5O3.ClH/c20-15-5-1-3-13(9-15)17-11-21-7-8-24(17)12-18-22-19(23-28-18)14-4-2-6-16(10-14)25(26)27;/h1-6,9-10,17,21H,7-8,11-12H2;1H. The molecule has 1 aliphatic rings. The summed E-state index contributed by atoms with van der Waals surface area (Å²) >= 11 is 6.15. The van der Waals surface area contributed by atoms with Crippen LogP contribution in [0.1, 0.15) is 17.5 Å². The second kappa shape index (κ2) is 9.32. The highest BCUT2D eigenvalue weighted by Crippen LogP contribution is 2.27. The van der Waals surface area contributed by atoms with Gasteiger partial charge in [-0.25, -0.2) is 0 Å². The van der Waals surface area contributed by atoms with Crippen molar-refractivity contribution in [2.45, 2.75) is 12.6 Å². The predicted octanol–water partition coefficient (Wildman–Crippen LogP) is 3.87. The van der Waals surface area contributed by atoms with Crippen LogP contribution in [0.3, 0.4) is 0 Å². The number of benzene rings is 2. The van der Waals surface area contributed by atoms with Crippen molar-refractivity contribution < 1.29 is 9.45 Å². The van der Waals surface area contributed by atoms with E-state index in [2.05, 4.69) is 26.4 Å². The summed E-state index contributed by atoms with van der Waals surface area (Å²) in [5.74, 6) is 0.809. The van der Waals surface area contributed by atoms with E-state index >= 15 is 0 Å². The summed E-state index contributed by atoms with van der Waals surface area (Å²) in [5.41, 5.74) is 1.67. The first-order chi connectivity index (χ1) is 13.6. The van der Waals surface area contributed by atoms with Gasteiger partial charge in [0.25, 0.3) is 5.69 Å².